The lowest BCUT2D eigenvalue weighted by Crippen LogP contribution is -2.00. The molecule has 0 amide bonds. The molecule has 1 aliphatic rings. The molecule has 4 rings (SSSR count). The van der Waals surface area contributed by atoms with Crippen LogP contribution in [0, 0.1) is 5.82 Å². The van der Waals surface area contributed by atoms with Crippen molar-refractivity contribution >= 4 is 16.5 Å². The minimum Gasteiger partial charge on any atom is -0.467 e. The number of hydrogen-bond donors (Lipinski definition) is 0. The second kappa shape index (κ2) is 6.21. The number of rotatable bonds is 4. The Bertz CT molecular complexity index is 1090. The minimum absolute atomic E-state index is 0.141. The van der Waals surface area contributed by atoms with Crippen LogP contribution in [0.2, 0.25) is 0 Å². The monoisotopic (exact) mass is 333 g/mol. The summed E-state index contributed by atoms with van der Waals surface area (Å²) in [5, 5.41) is 4.45. The number of allylic oxidation sites excluding steroid dienone is 4. The lowest BCUT2D eigenvalue weighted by Gasteiger charge is -2.06. The summed E-state index contributed by atoms with van der Waals surface area (Å²) in [4.78, 5) is 8.17. The Labute approximate surface area is 142 Å². The first-order valence-corrected chi connectivity index (χ1v) is 7.59. The molecule has 0 aliphatic heterocycles. The van der Waals surface area contributed by atoms with Crippen molar-refractivity contribution in [2.75, 3.05) is 0 Å². The summed E-state index contributed by atoms with van der Waals surface area (Å²) in [6.07, 6.45) is 6.78. The van der Waals surface area contributed by atoms with Gasteiger partial charge >= 0.3 is 0 Å². The van der Waals surface area contributed by atoms with Crippen molar-refractivity contribution in [2.24, 2.45) is 0 Å². The van der Waals surface area contributed by atoms with Crippen LogP contribution >= 0.6 is 0 Å². The zero-order valence-corrected chi connectivity index (χ0v) is 13.3. The van der Waals surface area contributed by atoms with Gasteiger partial charge in [0, 0.05) is 24.0 Å². The predicted molar refractivity (Wildman–Crippen MR) is 89.1 cm³/mol. The van der Waals surface area contributed by atoms with Gasteiger partial charge in [0.2, 0.25) is 0 Å². The number of hydrogen-bond acceptors (Lipinski definition) is 5. The normalized spacial score (nSPS) is 13.0. The highest BCUT2D eigenvalue weighted by atomic mass is 19.1. The van der Waals surface area contributed by atoms with E-state index < -0.39 is 5.82 Å². The van der Waals surface area contributed by atoms with Crippen molar-refractivity contribution in [1.82, 2.24) is 15.1 Å². The molecule has 1 aromatic carbocycles. The van der Waals surface area contributed by atoms with Crippen LogP contribution in [-0.4, -0.2) is 15.1 Å². The molecule has 0 N–H and O–H groups in total. The summed E-state index contributed by atoms with van der Waals surface area (Å²) in [5.41, 5.74) is 8.12. The molecule has 5 nitrogen and oxygen atoms in total. The highest BCUT2D eigenvalue weighted by Gasteiger charge is 2.16. The third kappa shape index (κ3) is 3.00. The Kier molecular flexibility index (Phi) is 3.75. The van der Waals surface area contributed by atoms with Crippen molar-refractivity contribution in [1.29, 1.82) is 0 Å². The van der Waals surface area contributed by atoms with Gasteiger partial charge in [0.15, 0.2) is 11.4 Å². The molecule has 122 valence electrons. The summed E-state index contributed by atoms with van der Waals surface area (Å²) in [6.45, 7) is 2.02. The van der Waals surface area contributed by atoms with Crippen molar-refractivity contribution in [3.63, 3.8) is 0 Å². The van der Waals surface area contributed by atoms with Gasteiger partial charge in [-0.05, 0) is 47.5 Å². The van der Waals surface area contributed by atoms with Crippen molar-refractivity contribution in [3.05, 3.63) is 77.0 Å². The number of fused-ring (bicyclic) bond motifs is 1. The first kappa shape index (κ1) is 15.1. The molecular weight excluding hydrogens is 321 g/mol. The van der Waals surface area contributed by atoms with Crippen LogP contribution < -0.4 is 4.74 Å². The molecule has 0 unspecified atom stereocenters. The van der Waals surface area contributed by atoms with Gasteiger partial charge in [0.25, 0.3) is 5.88 Å². The topological polar surface area (TPSA) is 61.0 Å². The van der Waals surface area contributed by atoms with E-state index in [1.807, 2.05) is 13.0 Å². The lowest BCUT2D eigenvalue weighted by molar-refractivity contribution is 0.266. The van der Waals surface area contributed by atoms with E-state index in [0.717, 1.165) is 5.57 Å². The second-order valence-electron chi connectivity index (χ2n) is 5.47. The molecule has 6 heteroatoms. The standard InChI is InChI=1S/C19H12FN3O2/c1-12-4-2-5-13(8-12)14-9-15-17(10-16(14)20)25-23-19(15)24-11-18-21-6-3-7-22-18/h3,5-10H,11H2,1H3. The highest BCUT2D eigenvalue weighted by Crippen LogP contribution is 2.32. The molecule has 0 spiro atoms. The van der Waals surface area contributed by atoms with Gasteiger partial charge in [-0.2, -0.15) is 0 Å². The Morgan fingerprint density at radius 3 is 2.88 bits per heavy atom. The molecule has 0 saturated carbocycles. The fraction of sp³-hybridized carbons (Fsp3) is 0.105. The molecular formula is C19H12FN3O2. The first-order valence-electron chi connectivity index (χ1n) is 7.59. The zero-order chi connectivity index (χ0) is 17.2. The third-order valence-electron chi connectivity index (χ3n) is 3.66. The van der Waals surface area contributed by atoms with Crippen LogP contribution in [0.1, 0.15) is 18.3 Å². The smallest absolute Gasteiger partial charge is 0.262 e. The maximum absolute atomic E-state index is 14.4. The average molecular weight is 333 g/mol. The highest BCUT2D eigenvalue weighted by molar-refractivity contribution is 5.88. The van der Waals surface area contributed by atoms with Crippen LogP contribution in [0.4, 0.5) is 4.39 Å². The van der Waals surface area contributed by atoms with E-state index in [1.54, 1.807) is 30.6 Å². The SMILES string of the molecule is CC1=C=C=CC(c2cc3c(OCc4ncccn4)noc3cc2F)=C1. The lowest BCUT2D eigenvalue weighted by atomic mass is 10.00. The molecule has 0 atom stereocenters. The quantitative estimate of drug-likeness (QED) is 0.676. The molecule has 0 saturated heterocycles. The van der Waals surface area contributed by atoms with Gasteiger partial charge in [-0.25, -0.2) is 14.4 Å². The zero-order valence-electron chi connectivity index (χ0n) is 13.3. The van der Waals surface area contributed by atoms with Crippen molar-refractivity contribution in [3.8, 4) is 5.88 Å². The van der Waals surface area contributed by atoms with Gasteiger partial charge < -0.3 is 9.26 Å². The molecule has 2 aromatic heterocycles. The Morgan fingerprint density at radius 2 is 2.08 bits per heavy atom. The molecule has 2 heterocycles. The predicted octanol–water partition coefficient (Wildman–Crippen LogP) is 3.99. The minimum atomic E-state index is -0.402. The largest absolute Gasteiger partial charge is 0.467 e. The number of benzene rings is 1. The maximum atomic E-state index is 14.4. The van der Waals surface area contributed by atoms with Crippen LogP contribution in [0.15, 0.2) is 64.3 Å². The second-order valence-corrected chi connectivity index (χ2v) is 5.47. The van der Waals surface area contributed by atoms with Gasteiger partial charge in [-0.3, -0.25) is 0 Å². The van der Waals surface area contributed by atoms with E-state index in [2.05, 4.69) is 26.6 Å². The van der Waals surface area contributed by atoms with Crippen molar-refractivity contribution in [2.45, 2.75) is 13.5 Å². The molecule has 0 fully saturated rings. The molecule has 0 bridgehead atoms. The Morgan fingerprint density at radius 1 is 1.24 bits per heavy atom. The van der Waals surface area contributed by atoms with E-state index in [-0.39, 0.29) is 12.5 Å². The van der Waals surface area contributed by atoms with Crippen molar-refractivity contribution < 1.29 is 13.7 Å². The van der Waals surface area contributed by atoms with Gasteiger partial charge in [0.1, 0.15) is 12.4 Å². The third-order valence-corrected chi connectivity index (χ3v) is 3.66. The van der Waals surface area contributed by atoms with E-state index >= 15 is 0 Å². The van der Waals surface area contributed by atoms with Gasteiger partial charge in [0.05, 0.1) is 5.39 Å². The Balaban J connectivity index is 1.69. The van der Waals surface area contributed by atoms with Crippen LogP contribution in [-0.2, 0) is 6.61 Å². The number of aromatic nitrogens is 3. The summed E-state index contributed by atoms with van der Waals surface area (Å²) >= 11 is 0. The molecule has 1 aliphatic carbocycles. The molecule has 3 aromatic rings. The van der Waals surface area contributed by atoms with Crippen LogP contribution in [0.3, 0.4) is 0 Å². The summed E-state index contributed by atoms with van der Waals surface area (Å²) in [5.74, 6) is 0.386. The number of ether oxygens (including phenoxy) is 1. The molecule has 25 heavy (non-hydrogen) atoms. The number of halogens is 1. The van der Waals surface area contributed by atoms with Gasteiger partial charge in [-0.15, -0.1) is 0 Å². The van der Waals surface area contributed by atoms with Crippen LogP contribution in [0.5, 0.6) is 5.88 Å². The maximum Gasteiger partial charge on any atom is 0.262 e. The van der Waals surface area contributed by atoms with E-state index in [4.69, 9.17) is 9.26 Å². The van der Waals surface area contributed by atoms with Crippen LogP contribution in [0.25, 0.3) is 16.5 Å². The van der Waals surface area contributed by atoms with E-state index in [0.29, 0.717) is 27.9 Å². The van der Waals surface area contributed by atoms with E-state index in [1.165, 1.54) is 6.07 Å². The summed E-state index contributed by atoms with van der Waals surface area (Å²) < 4.78 is 25.2. The fourth-order valence-corrected chi connectivity index (χ4v) is 2.49. The fourth-order valence-electron chi connectivity index (χ4n) is 2.49. The Hall–Kier alpha value is -3.46. The number of nitrogens with zero attached hydrogens (tertiary/aromatic N) is 3. The first-order chi connectivity index (χ1) is 12.2. The molecule has 0 radical (unpaired) electrons. The summed E-state index contributed by atoms with van der Waals surface area (Å²) in [7, 11) is 0. The van der Waals surface area contributed by atoms with E-state index in [9.17, 15) is 4.39 Å². The summed E-state index contributed by atoms with van der Waals surface area (Å²) in [6, 6.07) is 4.68. The average Bonchev–Trinajstić information content (AvgIpc) is 3.02. The van der Waals surface area contributed by atoms with Gasteiger partial charge in [-0.1, -0.05) is 11.5 Å².